The van der Waals surface area contributed by atoms with Crippen LogP contribution in [0.3, 0.4) is 0 Å². The van der Waals surface area contributed by atoms with Crippen LogP contribution in [0.5, 0.6) is 0 Å². The lowest BCUT2D eigenvalue weighted by Crippen LogP contribution is -3.16. The Hall–Kier alpha value is -0.860. The highest BCUT2D eigenvalue weighted by molar-refractivity contribution is 5.17. The summed E-state index contributed by atoms with van der Waals surface area (Å²) in [7, 11) is 0. The summed E-state index contributed by atoms with van der Waals surface area (Å²) in [6.45, 7) is 4.36. The number of quaternary nitrogens is 1. The number of benzene rings is 1. The zero-order valence-corrected chi connectivity index (χ0v) is 10.0. The number of rotatable bonds is 3. The molecule has 16 heavy (non-hydrogen) atoms. The molecule has 0 radical (unpaired) electrons. The molecule has 1 unspecified atom stereocenters. The lowest BCUT2D eigenvalue weighted by molar-refractivity contribution is -0.932. The molecule has 0 aliphatic carbocycles. The third kappa shape index (κ3) is 2.83. The Morgan fingerprint density at radius 2 is 2.06 bits per heavy atom. The lowest BCUT2D eigenvalue weighted by atomic mass is 10.0. The zero-order chi connectivity index (χ0) is 11.4. The number of hydrogen-bond acceptors (Lipinski definition) is 1. The molecule has 2 heteroatoms. The van der Waals surface area contributed by atoms with E-state index in [1.54, 1.807) is 4.90 Å². The summed E-state index contributed by atoms with van der Waals surface area (Å²) in [5, 5.41) is 10.2. The van der Waals surface area contributed by atoms with Crippen molar-refractivity contribution in [2.75, 3.05) is 13.1 Å². The van der Waals surface area contributed by atoms with E-state index in [1.165, 1.54) is 25.8 Å². The highest BCUT2D eigenvalue weighted by atomic mass is 16.3. The van der Waals surface area contributed by atoms with Gasteiger partial charge < -0.3 is 10.0 Å². The smallest absolute Gasteiger partial charge is 0.128 e. The van der Waals surface area contributed by atoms with Gasteiger partial charge in [-0.15, -0.1) is 0 Å². The van der Waals surface area contributed by atoms with E-state index in [9.17, 15) is 5.11 Å². The van der Waals surface area contributed by atoms with Crippen LogP contribution in [-0.2, 0) is 0 Å². The average Bonchev–Trinajstić information content (AvgIpc) is 2.33. The molecule has 0 saturated carbocycles. The lowest BCUT2D eigenvalue weighted by Gasteiger charge is -2.31. The highest BCUT2D eigenvalue weighted by Gasteiger charge is 2.24. The minimum absolute atomic E-state index is 0.309. The molecule has 1 saturated heterocycles. The molecule has 3 atom stereocenters. The molecule has 0 spiro atoms. The van der Waals surface area contributed by atoms with Crippen molar-refractivity contribution in [2.45, 2.75) is 38.3 Å². The minimum atomic E-state index is -0.309. The maximum Gasteiger partial charge on any atom is 0.128 e. The summed E-state index contributed by atoms with van der Waals surface area (Å²) in [6.07, 6.45) is 3.65. The van der Waals surface area contributed by atoms with Gasteiger partial charge in [0.1, 0.15) is 12.6 Å². The molecule has 1 fully saturated rings. The van der Waals surface area contributed by atoms with E-state index in [0.717, 1.165) is 12.1 Å². The van der Waals surface area contributed by atoms with Gasteiger partial charge in [0, 0.05) is 0 Å². The van der Waals surface area contributed by atoms with Gasteiger partial charge in [-0.1, -0.05) is 30.3 Å². The molecule has 0 amide bonds. The van der Waals surface area contributed by atoms with Crippen molar-refractivity contribution in [3.05, 3.63) is 35.9 Å². The van der Waals surface area contributed by atoms with Gasteiger partial charge in [0.25, 0.3) is 0 Å². The quantitative estimate of drug-likeness (QED) is 0.785. The molecule has 2 rings (SSSR count). The van der Waals surface area contributed by atoms with Gasteiger partial charge in [0.2, 0.25) is 0 Å². The van der Waals surface area contributed by atoms with Crippen molar-refractivity contribution in [1.29, 1.82) is 0 Å². The molecular formula is C14H22NO+. The number of nitrogens with one attached hydrogen (secondary N) is 1. The largest absolute Gasteiger partial charge is 0.382 e. The van der Waals surface area contributed by atoms with E-state index >= 15 is 0 Å². The molecule has 1 aliphatic rings. The van der Waals surface area contributed by atoms with Crippen molar-refractivity contribution in [1.82, 2.24) is 0 Å². The van der Waals surface area contributed by atoms with Crippen LogP contribution >= 0.6 is 0 Å². The van der Waals surface area contributed by atoms with Crippen LogP contribution in [0, 0.1) is 0 Å². The van der Waals surface area contributed by atoms with Crippen molar-refractivity contribution >= 4 is 0 Å². The van der Waals surface area contributed by atoms with Crippen LogP contribution in [-0.4, -0.2) is 24.2 Å². The maximum atomic E-state index is 10.2. The third-order valence-corrected chi connectivity index (χ3v) is 3.72. The number of piperidine rings is 1. The van der Waals surface area contributed by atoms with Crippen LogP contribution in [0.25, 0.3) is 0 Å². The minimum Gasteiger partial charge on any atom is -0.382 e. The maximum absolute atomic E-state index is 10.2. The van der Waals surface area contributed by atoms with Crippen LogP contribution in [0.1, 0.15) is 37.9 Å². The molecular weight excluding hydrogens is 198 g/mol. The van der Waals surface area contributed by atoms with E-state index in [-0.39, 0.29) is 6.10 Å². The Kier molecular flexibility index (Phi) is 3.97. The number of hydrogen-bond donors (Lipinski definition) is 2. The van der Waals surface area contributed by atoms with Gasteiger partial charge in [0.05, 0.1) is 12.6 Å². The van der Waals surface area contributed by atoms with Gasteiger partial charge in [-0.05, 0) is 31.7 Å². The Morgan fingerprint density at radius 3 is 2.75 bits per heavy atom. The number of aliphatic hydroxyl groups is 1. The average molecular weight is 220 g/mol. The van der Waals surface area contributed by atoms with Crippen molar-refractivity contribution in [2.24, 2.45) is 0 Å². The van der Waals surface area contributed by atoms with E-state index in [1.807, 2.05) is 30.3 Å². The van der Waals surface area contributed by atoms with E-state index in [4.69, 9.17) is 0 Å². The van der Waals surface area contributed by atoms with Crippen LogP contribution in [0.2, 0.25) is 0 Å². The summed E-state index contributed by atoms with van der Waals surface area (Å²) in [6, 6.07) is 10.7. The molecule has 1 aliphatic heterocycles. The van der Waals surface area contributed by atoms with E-state index in [2.05, 4.69) is 6.92 Å². The topological polar surface area (TPSA) is 24.7 Å². The van der Waals surface area contributed by atoms with Crippen molar-refractivity contribution in [3.8, 4) is 0 Å². The van der Waals surface area contributed by atoms with Crippen LogP contribution in [0.15, 0.2) is 30.3 Å². The molecule has 2 nitrogen and oxygen atoms in total. The van der Waals surface area contributed by atoms with Crippen LogP contribution < -0.4 is 4.90 Å². The zero-order valence-electron chi connectivity index (χ0n) is 10.0. The van der Waals surface area contributed by atoms with Crippen molar-refractivity contribution < 1.29 is 10.0 Å². The van der Waals surface area contributed by atoms with E-state index < -0.39 is 0 Å². The molecule has 2 N–H and O–H groups in total. The van der Waals surface area contributed by atoms with Crippen LogP contribution in [0.4, 0.5) is 0 Å². The first-order valence-electron chi connectivity index (χ1n) is 6.35. The van der Waals surface area contributed by atoms with Gasteiger partial charge >= 0.3 is 0 Å². The predicted molar refractivity (Wildman–Crippen MR) is 65.4 cm³/mol. The highest BCUT2D eigenvalue weighted by Crippen LogP contribution is 2.11. The van der Waals surface area contributed by atoms with Crippen molar-refractivity contribution in [3.63, 3.8) is 0 Å². The van der Waals surface area contributed by atoms with Gasteiger partial charge in [-0.25, -0.2) is 0 Å². The second-order valence-electron chi connectivity index (χ2n) is 4.94. The fourth-order valence-corrected chi connectivity index (χ4v) is 2.60. The monoisotopic (exact) mass is 220 g/mol. The summed E-state index contributed by atoms with van der Waals surface area (Å²) >= 11 is 0. The predicted octanol–water partition coefficient (Wildman–Crippen LogP) is 1.18. The Bertz CT molecular complexity index is 312. The second-order valence-corrected chi connectivity index (χ2v) is 4.94. The van der Waals surface area contributed by atoms with Gasteiger partial charge in [-0.2, -0.15) is 0 Å². The standard InChI is InChI=1S/C14H21NO/c1-12-7-5-6-10-15(12)11-14(16)13-8-3-2-4-9-13/h2-4,8-9,12,14,16H,5-7,10-11H2,1H3/p+1/t12-,14-/m0/s1. The summed E-state index contributed by atoms with van der Waals surface area (Å²) < 4.78 is 0. The number of aliphatic hydroxyl groups excluding tert-OH is 1. The second kappa shape index (κ2) is 5.46. The summed E-state index contributed by atoms with van der Waals surface area (Å²) in [4.78, 5) is 1.56. The first-order valence-corrected chi connectivity index (χ1v) is 6.35. The molecule has 1 aromatic rings. The fourth-order valence-electron chi connectivity index (χ4n) is 2.60. The Morgan fingerprint density at radius 1 is 1.31 bits per heavy atom. The summed E-state index contributed by atoms with van der Waals surface area (Å²) in [5.74, 6) is 0. The van der Waals surface area contributed by atoms with Gasteiger partial charge in [0.15, 0.2) is 0 Å². The SMILES string of the molecule is C[C@H]1CCCC[NH+]1C[C@H](O)c1ccccc1. The first kappa shape index (κ1) is 11.6. The molecule has 88 valence electrons. The van der Waals surface area contributed by atoms with Gasteiger partial charge in [-0.3, -0.25) is 0 Å². The first-order chi connectivity index (χ1) is 7.77. The third-order valence-electron chi connectivity index (χ3n) is 3.72. The number of likely N-dealkylation sites (tertiary alicyclic amines) is 1. The normalized spacial score (nSPS) is 27.6. The molecule has 0 bridgehead atoms. The molecule has 0 aromatic heterocycles. The molecule has 1 aromatic carbocycles. The van der Waals surface area contributed by atoms with E-state index in [0.29, 0.717) is 6.04 Å². The molecule has 1 heterocycles. The fraction of sp³-hybridized carbons (Fsp3) is 0.571. The Balaban J connectivity index is 1.94. The Labute approximate surface area is 97.9 Å². The summed E-state index contributed by atoms with van der Waals surface area (Å²) in [5.41, 5.74) is 1.05.